The van der Waals surface area contributed by atoms with E-state index in [2.05, 4.69) is 6.92 Å². The zero-order valence-electron chi connectivity index (χ0n) is 10.4. The number of hydrogen-bond acceptors (Lipinski definition) is 3. The van der Waals surface area contributed by atoms with Crippen LogP contribution in [0.15, 0.2) is 0 Å². The van der Waals surface area contributed by atoms with Crippen LogP contribution in [0.4, 0.5) is 0 Å². The first-order chi connectivity index (χ1) is 8.15. The largest absolute Gasteiger partial charge is 0.481 e. The average Bonchev–Trinajstić information content (AvgIpc) is 2.34. The monoisotopic (exact) mass is 259 g/mol. The Balaban J connectivity index is 2.27. The number of aliphatic carboxylic acids is 1. The van der Waals surface area contributed by atoms with Crippen LogP contribution in [0.25, 0.3) is 0 Å². The van der Waals surface area contributed by atoms with Gasteiger partial charge in [0, 0.05) is 18.3 Å². The second-order valence-corrected chi connectivity index (χ2v) is 5.45. The van der Waals surface area contributed by atoms with Gasteiger partial charge in [-0.1, -0.05) is 6.92 Å². The lowest BCUT2D eigenvalue weighted by atomic mass is 10.0. The number of hydrogen-bond donors (Lipinski definition) is 1. The molecule has 0 aromatic heterocycles. The van der Waals surface area contributed by atoms with Gasteiger partial charge in [-0.3, -0.25) is 9.59 Å². The highest BCUT2D eigenvalue weighted by Crippen LogP contribution is 2.20. The lowest BCUT2D eigenvalue weighted by molar-refractivity contribution is -0.136. The molecule has 1 heterocycles. The third kappa shape index (κ3) is 4.98. The Morgan fingerprint density at radius 1 is 1.41 bits per heavy atom. The summed E-state index contributed by atoms with van der Waals surface area (Å²) in [5.41, 5.74) is 0. The number of rotatable bonds is 6. The van der Waals surface area contributed by atoms with Crippen molar-refractivity contribution < 1.29 is 14.7 Å². The highest BCUT2D eigenvalue weighted by molar-refractivity contribution is 7.99. The van der Waals surface area contributed by atoms with Crippen LogP contribution < -0.4 is 0 Å². The predicted octanol–water partition coefficient (Wildman–Crippen LogP) is 1.99. The summed E-state index contributed by atoms with van der Waals surface area (Å²) in [5, 5.41) is 8.50. The van der Waals surface area contributed by atoms with Crippen LogP contribution in [-0.2, 0) is 9.59 Å². The lowest BCUT2D eigenvalue weighted by Gasteiger charge is -2.35. The molecule has 1 rings (SSSR count). The van der Waals surface area contributed by atoms with E-state index in [4.69, 9.17) is 5.11 Å². The molecule has 0 spiro atoms. The number of piperidine rings is 1. The highest BCUT2D eigenvalue weighted by atomic mass is 32.2. The first kappa shape index (κ1) is 14.4. The van der Waals surface area contributed by atoms with E-state index in [-0.39, 0.29) is 12.3 Å². The maximum Gasteiger partial charge on any atom is 0.304 e. The molecule has 0 aliphatic carbocycles. The van der Waals surface area contributed by atoms with Gasteiger partial charge in [0.15, 0.2) is 0 Å². The molecule has 1 N–H and O–H groups in total. The Labute approximate surface area is 107 Å². The number of carbonyl (C=O) groups is 2. The van der Waals surface area contributed by atoms with Gasteiger partial charge in [-0.05, 0) is 25.7 Å². The Morgan fingerprint density at radius 2 is 2.18 bits per heavy atom. The molecule has 1 aliphatic heterocycles. The molecule has 1 aliphatic rings. The Hall–Kier alpha value is -0.710. The van der Waals surface area contributed by atoms with Crippen LogP contribution in [0.5, 0.6) is 0 Å². The fourth-order valence-electron chi connectivity index (χ4n) is 2.16. The number of thioether (sulfide) groups is 1. The van der Waals surface area contributed by atoms with Crippen LogP contribution in [-0.4, -0.2) is 46.0 Å². The number of carboxylic acid groups (broad SMARTS) is 1. The number of amides is 1. The van der Waals surface area contributed by atoms with Crippen LogP contribution in [0.3, 0.4) is 0 Å². The Morgan fingerprint density at radius 3 is 2.82 bits per heavy atom. The van der Waals surface area contributed by atoms with Crippen molar-refractivity contribution in [3.8, 4) is 0 Å². The third-order valence-corrected chi connectivity index (χ3v) is 4.05. The van der Waals surface area contributed by atoms with Crippen LogP contribution >= 0.6 is 11.8 Å². The Bertz CT molecular complexity index is 270. The van der Waals surface area contributed by atoms with Crippen molar-refractivity contribution >= 4 is 23.6 Å². The summed E-state index contributed by atoms with van der Waals surface area (Å²) in [6.07, 6.45) is 4.58. The van der Waals surface area contributed by atoms with Crippen molar-refractivity contribution in [2.45, 2.75) is 45.1 Å². The van der Waals surface area contributed by atoms with Gasteiger partial charge in [0.05, 0.1) is 12.2 Å². The summed E-state index contributed by atoms with van der Waals surface area (Å²) >= 11 is 1.42. The van der Waals surface area contributed by atoms with Crippen LogP contribution in [0, 0.1) is 0 Å². The van der Waals surface area contributed by atoms with Gasteiger partial charge in [-0.25, -0.2) is 0 Å². The molecule has 4 nitrogen and oxygen atoms in total. The van der Waals surface area contributed by atoms with Gasteiger partial charge in [-0.2, -0.15) is 11.8 Å². The maximum atomic E-state index is 12.0. The molecular weight excluding hydrogens is 238 g/mol. The molecule has 0 aromatic carbocycles. The van der Waals surface area contributed by atoms with Crippen molar-refractivity contribution in [1.29, 1.82) is 0 Å². The maximum absolute atomic E-state index is 12.0. The lowest BCUT2D eigenvalue weighted by Crippen LogP contribution is -2.44. The van der Waals surface area contributed by atoms with Gasteiger partial charge in [-0.15, -0.1) is 0 Å². The predicted molar refractivity (Wildman–Crippen MR) is 69.2 cm³/mol. The summed E-state index contributed by atoms with van der Waals surface area (Å²) in [6, 6.07) is 0.399. The van der Waals surface area contributed by atoms with E-state index in [1.165, 1.54) is 18.2 Å². The van der Waals surface area contributed by atoms with Crippen LogP contribution in [0.1, 0.15) is 39.0 Å². The molecule has 98 valence electrons. The average molecular weight is 259 g/mol. The second kappa shape index (κ2) is 7.58. The molecule has 17 heavy (non-hydrogen) atoms. The van der Waals surface area contributed by atoms with Crippen molar-refractivity contribution in [2.75, 3.05) is 18.1 Å². The topological polar surface area (TPSA) is 57.6 Å². The minimum atomic E-state index is -0.797. The molecule has 0 radical (unpaired) electrons. The third-order valence-electron chi connectivity index (χ3n) is 3.10. The SMILES string of the molecule is CC[C@@H]1CCCCN1C(=O)CSCCC(=O)O. The normalized spacial score (nSPS) is 20.3. The molecule has 5 heteroatoms. The van der Waals surface area contributed by atoms with Crippen molar-refractivity contribution in [3.63, 3.8) is 0 Å². The van der Waals surface area contributed by atoms with E-state index < -0.39 is 5.97 Å². The van der Waals surface area contributed by atoms with Crippen LogP contribution in [0.2, 0.25) is 0 Å². The van der Waals surface area contributed by atoms with E-state index in [0.29, 0.717) is 17.5 Å². The smallest absolute Gasteiger partial charge is 0.304 e. The molecule has 0 aromatic rings. The molecule has 0 unspecified atom stereocenters. The fourth-order valence-corrected chi connectivity index (χ4v) is 2.96. The summed E-state index contributed by atoms with van der Waals surface area (Å²) in [4.78, 5) is 24.3. The van der Waals surface area contributed by atoms with Gasteiger partial charge < -0.3 is 10.0 Å². The van der Waals surface area contributed by atoms with Crippen molar-refractivity contribution in [1.82, 2.24) is 4.90 Å². The second-order valence-electron chi connectivity index (χ2n) is 4.34. The van der Waals surface area contributed by atoms with Crippen molar-refractivity contribution in [2.24, 2.45) is 0 Å². The first-order valence-electron chi connectivity index (χ1n) is 6.24. The van der Waals surface area contributed by atoms with E-state index in [1.54, 1.807) is 0 Å². The fraction of sp³-hybridized carbons (Fsp3) is 0.833. The summed E-state index contributed by atoms with van der Waals surface area (Å²) < 4.78 is 0. The molecule has 1 amide bonds. The number of carboxylic acids is 1. The van der Waals surface area contributed by atoms with Crippen molar-refractivity contribution in [3.05, 3.63) is 0 Å². The minimum Gasteiger partial charge on any atom is -0.481 e. The van der Waals surface area contributed by atoms with Gasteiger partial charge in [0.2, 0.25) is 5.91 Å². The number of nitrogens with zero attached hydrogens (tertiary/aromatic N) is 1. The molecule has 1 saturated heterocycles. The first-order valence-corrected chi connectivity index (χ1v) is 7.39. The number of likely N-dealkylation sites (tertiary alicyclic amines) is 1. The van der Waals surface area contributed by atoms with E-state index >= 15 is 0 Å². The standard InChI is InChI=1S/C12H21NO3S/c1-2-10-5-3-4-7-13(10)11(14)9-17-8-6-12(15)16/h10H,2-9H2,1H3,(H,15,16)/t10-/m1/s1. The number of carbonyl (C=O) groups excluding carboxylic acids is 1. The Kier molecular flexibility index (Phi) is 6.40. The summed E-state index contributed by atoms with van der Waals surface area (Å²) in [5.74, 6) is 0.316. The molecule has 1 atom stereocenters. The highest BCUT2D eigenvalue weighted by Gasteiger charge is 2.24. The molecule has 0 bridgehead atoms. The quantitative estimate of drug-likeness (QED) is 0.741. The van der Waals surface area contributed by atoms with Gasteiger partial charge >= 0.3 is 5.97 Å². The molecule has 0 saturated carbocycles. The van der Waals surface area contributed by atoms with E-state index in [9.17, 15) is 9.59 Å². The molecular formula is C12H21NO3S. The van der Waals surface area contributed by atoms with Gasteiger partial charge in [0.25, 0.3) is 0 Å². The zero-order valence-corrected chi connectivity index (χ0v) is 11.2. The zero-order chi connectivity index (χ0) is 12.7. The minimum absolute atomic E-state index is 0.134. The van der Waals surface area contributed by atoms with Gasteiger partial charge in [0.1, 0.15) is 0 Å². The van der Waals surface area contributed by atoms with E-state index in [0.717, 1.165) is 25.8 Å². The summed E-state index contributed by atoms with van der Waals surface area (Å²) in [6.45, 7) is 2.99. The van der Waals surface area contributed by atoms with E-state index in [1.807, 2.05) is 4.90 Å². The summed E-state index contributed by atoms with van der Waals surface area (Å²) in [7, 11) is 0. The molecule has 1 fully saturated rings.